The molecule has 0 saturated heterocycles. The molecule has 1 aliphatic carbocycles. The zero-order valence-corrected chi connectivity index (χ0v) is 13.7. The third-order valence-electron chi connectivity index (χ3n) is 4.54. The minimum absolute atomic E-state index is 0.551. The summed E-state index contributed by atoms with van der Waals surface area (Å²) in [5.41, 5.74) is 8.96. The van der Waals surface area contributed by atoms with E-state index in [0.717, 1.165) is 30.0 Å². The minimum Gasteiger partial charge on any atom is -0.382 e. The summed E-state index contributed by atoms with van der Waals surface area (Å²) >= 11 is 0. The molecule has 1 aliphatic rings. The van der Waals surface area contributed by atoms with E-state index in [0.29, 0.717) is 12.5 Å². The second kappa shape index (κ2) is 8.06. The average molecular weight is 310 g/mol. The first kappa shape index (κ1) is 15.9. The van der Waals surface area contributed by atoms with Crippen LogP contribution >= 0.6 is 0 Å². The molecule has 0 bridgehead atoms. The van der Waals surface area contributed by atoms with Gasteiger partial charge in [0.05, 0.1) is 17.6 Å². The summed E-state index contributed by atoms with van der Waals surface area (Å²) in [6.07, 6.45) is 9.34. The van der Waals surface area contributed by atoms with Gasteiger partial charge in [0.1, 0.15) is 0 Å². The number of anilines is 1. The molecule has 3 N–H and O–H groups in total. The van der Waals surface area contributed by atoms with E-state index in [4.69, 9.17) is 10.7 Å². The Labute approximate surface area is 138 Å². The molecule has 0 spiro atoms. The van der Waals surface area contributed by atoms with Crippen LogP contribution in [0.1, 0.15) is 50.1 Å². The van der Waals surface area contributed by atoms with Gasteiger partial charge in [-0.3, -0.25) is 0 Å². The molecule has 0 amide bonds. The van der Waals surface area contributed by atoms with Gasteiger partial charge in [-0.1, -0.05) is 49.6 Å². The van der Waals surface area contributed by atoms with Crippen LogP contribution in [0.2, 0.25) is 0 Å². The summed E-state index contributed by atoms with van der Waals surface area (Å²) in [6.45, 7) is 1.58. The molecule has 1 fully saturated rings. The average Bonchev–Trinajstić information content (AvgIpc) is 2.63. The largest absolute Gasteiger partial charge is 0.382 e. The number of nitrogens with one attached hydrogen (secondary N) is 1. The summed E-state index contributed by atoms with van der Waals surface area (Å²) in [7, 11) is 0. The fourth-order valence-corrected chi connectivity index (χ4v) is 3.27. The van der Waals surface area contributed by atoms with Crippen LogP contribution in [0.25, 0.3) is 11.4 Å². The monoisotopic (exact) mass is 310 g/mol. The second-order valence-electron chi connectivity index (χ2n) is 6.26. The lowest BCUT2D eigenvalue weighted by Gasteiger charge is -2.24. The summed E-state index contributed by atoms with van der Waals surface area (Å²) in [6, 6.07) is 10.2. The van der Waals surface area contributed by atoms with Crippen LogP contribution in [-0.2, 0) is 0 Å². The second-order valence-corrected chi connectivity index (χ2v) is 6.26. The Bertz CT molecular complexity index is 606. The van der Waals surface area contributed by atoms with E-state index < -0.39 is 0 Å². The van der Waals surface area contributed by atoms with Crippen LogP contribution in [0, 0.1) is 0 Å². The summed E-state index contributed by atoms with van der Waals surface area (Å²) in [5.74, 6) is 1.38. The van der Waals surface area contributed by atoms with Crippen molar-refractivity contribution in [1.29, 1.82) is 0 Å². The number of nitrogens with two attached hydrogens (primary N) is 1. The Morgan fingerprint density at radius 3 is 2.61 bits per heavy atom. The van der Waals surface area contributed by atoms with Crippen molar-refractivity contribution in [2.24, 2.45) is 5.73 Å². The van der Waals surface area contributed by atoms with Crippen molar-refractivity contribution in [3.8, 4) is 11.4 Å². The molecule has 0 aliphatic heterocycles. The van der Waals surface area contributed by atoms with E-state index in [1.54, 1.807) is 0 Å². The van der Waals surface area contributed by atoms with E-state index in [9.17, 15) is 0 Å². The molecular formula is C19H26N4. The fraction of sp³-hybridized carbons (Fsp3) is 0.474. The number of nitrogens with zero attached hydrogens (tertiary/aromatic N) is 2. The Hall–Kier alpha value is -1.94. The highest BCUT2D eigenvalue weighted by atomic mass is 15.0. The molecule has 3 rings (SSSR count). The number of hydrogen-bond acceptors (Lipinski definition) is 4. The van der Waals surface area contributed by atoms with Crippen molar-refractivity contribution in [2.75, 3.05) is 18.4 Å². The summed E-state index contributed by atoms with van der Waals surface area (Å²) in [5, 5.41) is 3.49. The summed E-state index contributed by atoms with van der Waals surface area (Å²) < 4.78 is 0. The lowest BCUT2D eigenvalue weighted by molar-refractivity contribution is 0.437. The standard InChI is InChI=1S/C19H26N4/c20-12-7-13-21-17-14-22-19(16-10-5-2-6-11-16)23-18(17)15-8-3-1-4-9-15/h2,5-6,10-11,14-15,21H,1,3-4,7-9,12-13,20H2. The molecule has 0 radical (unpaired) electrons. The Kier molecular flexibility index (Phi) is 5.59. The van der Waals surface area contributed by atoms with Gasteiger partial charge >= 0.3 is 0 Å². The highest BCUT2D eigenvalue weighted by molar-refractivity contribution is 5.58. The molecule has 2 aromatic rings. The molecule has 1 saturated carbocycles. The molecule has 1 heterocycles. The number of rotatable bonds is 6. The lowest BCUT2D eigenvalue weighted by atomic mass is 9.86. The topological polar surface area (TPSA) is 63.8 Å². The zero-order chi connectivity index (χ0) is 15.9. The molecular weight excluding hydrogens is 284 g/mol. The Balaban J connectivity index is 1.89. The third kappa shape index (κ3) is 4.08. The van der Waals surface area contributed by atoms with Gasteiger partial charge < -0.3 is 11.1 Å². The van der Waals surface area contributed by atoms with Crippen LogP contribution in [0.3, 0.4) is 0 Å². The maximum atomic E-state index is 5.60. The molecule has 4 nitrogen and oxygen atoms in total. The van der Waals surface area contributed by atoms with E-state index in [-0.39, 0.29) is 0 Å². The normalized spacial score (nSPS) is 15.5. The van der Waals surface area contributed by atoms with Crippen molar-refractivity contribution < 1.29 is 0 Å². The van der Waals surface area contributed by atoms with Crippen molar-refractivity contribution >= 4 is 5.69 Å². The van der Waals surface area contributed by atoms with Crippen LogP contribution < -0.4 is 11.1 Å². The van der Waals surface area contributed by atoms with Gasteiger partial charge in [0.15, 0.2) is 5.82 Å². The molecule has 0 unspecified atom stereocenters. The fourth-order valence-electron chi connectivity index (χ4n) is 3.27. The van der Waals surface area contributed by atoms with E-state index >= 15 is 0 Å². The van der Waals surface area contributed by atoms with Gasteiger partial charge in [-0.15, -0.1) is 0 Å². The van der Waals surface area contributed by atoms with Crippen LogP contribution in [0.4, 0.5) is 5.69 Å². The summed E-state index contributed by atoms with van der Waals surface area (Å²) in [4.78, 5) is 9.52. The Morgan fingerprint density at radius 2 is 1.87 bits per heavy atom. The quantitative estimate of drug-likeness (QED) is 0.793. The number of benzene rings is 1. The van der Waals surface area contributed by atoms with Crippen molar-refractivity contribution in [3.05, 3.63) is 42.2 Å². The SMILES string of the molecule is NCCCNc1cnc(-c2ccccc2)nc1C1CCCCC1. The molecule has 4 heteroatoms. The zero-order valence-electron chi connectivity index (χ0n) is 13.7. The van der Waals surface area contributed by atoms with Gasteiger partial charge in [0.25, 0.3) is 0 Å². The number of hydrogen-bond donors (Lipinski definition) is 2. The first-order chi connectivity index (χ1) is 11.4. The van der Waals surface area contributed by atoms with Gasteiger partial charge in [-0.25, -0.2) is 9.97 Å². The van der Waals surface area contributed by atoms with Crippen molar-refractivity contribution in [3.63, 3.8) is 0 Å². The smallest absolute Gasteiger partial charge is 0.159 e. The van der Waals surface area contributed by atoms with Gasteiger partial charge in [-0.05, 0) is 25.8 Å². The van der Waals surface area contributed by atoms with Gasteiger partial charge in [0, 0.05) is 18.0 Å². The van der Waals surface area contributed by atoms with Crippen LogP contribution in [-0.4, -0.2) is 23.1 Å². The first-order valence-electron chi connectivity index (χ1n) is 8.75. The molecule has 122 valence electrons. The van der Waals surface area contributed by atoms with Crippen molar-refractivity contribution in [2.45, 2.75) is 44.4 Å². The van der Waals surface area contributed by atoms with E-state index in [1.807, 2.05) is 24.4 Å². The minimum atomic E-state index is 0.551. The van der Waals surface area contributed by atoms with Crippen LogP contribution in [0.15, 0.2) is 36.5 Å². The van der Waals surface area contributed by atoms with Crippen molar-refractivity contribution in [1.82, 2.24) is 9.97 Å². The molecule has 0 atom stereocenters. The highest BCUT2D eigenvalue weighted by Crippen LogP contribution is 2.35. The van der Waals surface area contributed by atoms with E-state index in [2.05, 4.69) is 22.4 Å². The van der Waals surface area contributed by atoms with Gasteiger partial charge in [-0.2, -0.15) is 0 Å². The molecule has 23 heavy (non-hydrogen) atoms. The maximum Gasteiger partial charge on any atom is 0.159 e. The molecule has 1 aromatic heterocycles. The maximum absolute atomic E-state index is 5.60. The lowest BCUT2D eigenvalue weighted by Crippen LogP contribution is -2.14. The predicted molar refractivity (Wildman–Crippen MR) is 95.5 cm³/mol. The first-order valence-corrected chi connectivity index (χ1v) is 8.75. The third-order valence-corrected chi connectivity index (χ3v) is 4.54. The predicted octanol–water partition coefficient (Wildman–Crippen LogP) is 3.95. The van der Waals surface area contributed by atoms with Gasteiger partial charge in [0.2, 0.25) is 0 Å². The number of aromatic nitrogens is 2. The van der Waals surface area contributed by atoms with Crippen LogP contribution in [0.5, 0.6) is 0 Å². The highest BCUT2D eigenvalue weighted by Gasteiger charge is 2.21. The molecule has 1 aromatic carbocycles. The Morgan fingerprint density at radius 1 is 1.09 bits per heavy atom. The van der Waals surface area contributed by atoms with E-state index in [1.165, 1.54) is 37.8 Å².